The molecule has 112 valence electrons. The lowest BCUT2D eigenvalue weighted by Gasteiger charge is -2.15. The van der Waals surface area contributed by atoms with Crippen molar-refractivity contribution in [3.63, 3.8) is 0 Å². The highest BCUT2D eigenvalue weighted by atomic mass is 16.5. The molecule has 0 atom stereocenters. The van der Waals surface area contributed by atoms with Gasteiger partial charge in [0.2, 0.25) is 11.9 Å². The number of rotatable bonds is 5. The van der Waals surface area contributed by atoms with E-state index in [0.717, 1.165) is 0 Å². The first-order valence-electron chi connectivity index (χ1n) is 6.43. The fourth-order valence-electron chi connectivity index (χ4n) is 1.86. The Morgan fingerprint density at radius 1 is 1.00 bits per heavy atom. The molecule has 0 saturated carbocycles. The van der Waals surface area contributed by atoms with E-state index in [2.05, 4.69) is 20.3 Å². The molecule has 1 heterocycles. The average molecular weight is 289 g/mol. The molecule has 0 aliphatic heterocycles. The fourth-order valence-corrected chi connectivity index (χ4v) is 1.86. The maximum atomic E-state index is 5.40. The van der Waals surface area contributed by atoms with Crippen LogP contribution < -0.4 is 19.7 Å². The van der Waals surface area contributed by atoms with Gasteiger partial charge in [-0.25, -0.2) is 0 Å². The van der Waals surface area contributed by atoms with E-state index in [1.54, 1.807) is 21.3 Å². The molecule has 2 rings (SSSR count). The molecule has 7 heteroatoms. The first-order valence-corrected chi connectivity index (χ1v) is 6.43. The van der Waals surface area contributed by atoms with Gasteiger partial charge < -0.3 is 19.7 Å². The van der Waals surface area contributed by atoms with Crippen LogP contribution in [0.4, 0.5) is 11.9 Å². The van der Waals surface area contributed by atoms with E-state index in [-0.39, 0.29) is 0 Å². The number of benzene rings is 1. The van der Waals surface area contributed by atoms with Crippen molar-refractivity contribution in [2.45, 2.75) is 0 Å². The van der Waals surface area contributed by atoms with Gasteiger partial charge in [-0.1, -0.05) is 6.07 Å². The van der Waals surface area contributed by atoms with Crippen LogP contribution in [0.25, 0.3) is 11.4 Å². The summed E-state index contributed by atoms with van der Waals surface area (Å²) in [7, 11) is 8.71. The first kappa shape index (κ1) is 14.8. The molecule has 21 heavy (non-hydrogen) atoms. The number of anilines is 2. The van der Waals surface area contributed by atoms with Gasteiger partial charge in [0.25, 0.3) is 0 Å². The summed E-state index contributed by atoms with van der Waals surface area (Å²) in [6.45, 7) is 0. The molecule has 0 aliphatic rings. The molecule has 0 fully saturated rings. The van der Waals surface area contributed by atoms with E-state index in [1.165, 1.54) is 0 Å². The second-order valence-electron chi connectivity index (χ2n) is 4.46. The zero-order chi connectivity index (χ0) is 15.4. The molecule has 0 saturated heterocycles. The van der Waals surface area contributed by atoms with Crippen LogP contribution in [-0.2, 0) is 0 Å². The average Bonchev–Trinajstić information content (AvgIpc) is 2.53. The summed E-state index contributed by atoms with van der Waals surface area (Å²) in [4.78, 5) is 15.0. The number of aromatic nitrogens is 3. The normalized spacial score (nSPS) is 10.1. The lowest BCUT2D eigenvalue weighted by molar-refractivity contribution is 0.397. The minimum atomic E-state index is 0.483. The lowest BCUT2D eigenvalue weighted by atomic mass is 10.1. The van der Waals surface area contributed by atoms with E-state index in [0.29, 0.717) is 34.8 Å². The quantitative estimate of drug-likeness (QED) is 0.897. The number of hydrogen-bond donors (Lipinski definition) is 1. The van der Waals surface area contributed by atoms with Crippen LogP contribution in [-0.4, -0.2) is 50.3 Å². The van der Waals surface area contributed by atoms with Crippen molar-refractivity contribution < 1.29 is 9.47 Å². The number of hydrogen-bond acceptors (Lipinski definition) is 7. The van der Waals surface area contributed by atoms with E-state index in [4.69, 9.17) is 9.47 Å². The summed E-state index contributed by atoms with van der Waals surface area (Å²) in [5.74, 6) is 2.82. The molecule has 1 aromatic carbocycles. The van der Waals surface area contributed by atoms with Crippen LogP contribution in [0.2, 0.25) is 0 Å². The standard InChI is InChI=1S/C14H19N5O2/c1-15-13-16-12(17-14(18-13)19(2)3)11-9(20-4)7-6-8-10(11)21-5/h6-8H,1-5H3,(H,15,16,17,18). The highest BCUT2D eigenvalue weighted by Crippen LogP contribution is 2.36. The van der Waals surface area contributed by atoms with Gasteiger partial charge in [-0.05, 0) is 12.1 Å². The van der Waals surface area contributed by atoms with Gasteiger partial charge in [0.05, 0.1) is 14.2 Å². The largest absolute Gasteiger partial charge is 0.496 e. The predicted octanol–water partition coefficient (Wildman–Crippen LogP) is 1.66. The molecule has 1 N–H and O–H groups in total. The molecule has 0 amide bonds. The Balaban J connectivity index is 2.68. The van der Waals surface area contributed by atoms with Crippen LogP contribution in [0.3, 0.4) is 0 Å². The van der Waals surface area contributed by atoms with Crippen molar-refractivity contribution in [1.29, 1.82) is 0 Å². The Kier molecular flexibility index (Phi) is 4.42. The van der Waals surface area contributed by atoms with Gasteiger partial charge in [0, 0.05) is 21.1 Å². The maximum absolute atomic E-state index is 5.40. The van der Waals surface area contributed by atoms with Crippen molar-refractivity contribution in [2.75, 3.05) is 45.6 Å². The molecule has 0 radical (unpaired) electrons. The van der Waals surface area contributed by atoms with Gasteiger partial charge in [-0.15, -0.1) is 0 Å². The third-order valence-electron chi connectivity index (χ3n) is 2.90. The summed E-state index contributed by atoms with van der Waals surface area (Å²) in [5.41, 5.74) is 0.699. The summed E-state index contributed by atoms with van der Waals surface area (Å²) >= 11 is 0. The maximum Gasteiger partial charge on any atom is 0.230 e. The SMILES string of the molecule is CNc1nc(-c2c(OC)cccc2OC)nc(N(C)C)n1. The van der Waals surface area contributed by atoms with Crippen molar-refractivity contribution in [3.05, 3.63) is 18.2 Å². The zero-order valence-corrected chi connectivity index (χ0v) is 12.8. The molecular weight excluding hydrogens is 270 g/mol. The van der Waals surface area contributed by atoms with E-state index in [1.807, 2.05) is 37.2 Å². The Hall–Kier alpha value is -2.57. The van der Waals surface area contributed by atoms with E-state index in [9.17, 15) is 0 Å². The Morgan fingerprint density at radius 2 is 1.62 bits per heavy atom. The lowest BCUT2D eigenvalue weighted by Crippen LogP contribution is -2.15. The number of methoxy groups -OCH3 is 2. The molecule has 0 unspecified atom stereocenters. The van der Waals surface area contributed by atoms with E-state index >= 15 is 0 Å². The molecule has 7 nitrogen and oxygen atoms in total. The van der Waals surface area contributed by atoms with E-state index < -0.39 is 0 Å². The summed E-state index contributed by atoms with van der Waals surface area (Å²) in [6, 6.07) is 5.54. The molecule has 2 aromatic rings. The monoisotopic (exact) mass is 289 g/mol. The van der Waals surface area contributed by atoms with Crippen LogP contribution in [0.15, 0.2) is 18.2 Å². The van der Waals surface area contributed by atoms with Crippen LogP contribution in [0, 0.1) is 0 Å². The third kappa shape index (κ3) is 2.96. The summed E-state index contributed by atoms with van der Waals surface area (Å²) < 4.78 is 10.8. The van der Waals surface area contributed by atoms with Gasteiger partial charge in [0.15, 0.2) is 5.82 Å². The molecule has 1 aromatic heterocycles. The Bertz CT molecular complexity index is 609. The third-order valence-corrected chi connectivity index (χ3v) is 2.90. The van der Waals surface area contributed by atoms with Crippen LogP contribution >= 0.6 is 0 Å². The van der Waals surface area contributed by atoms with Gasteiger partial charge in [-0.2, -0.15) is 15.0 Å². The molecule has 0 bridgehead atoms. The number of nitrogens with zero attached hydrogens (tertiary/aromatic N) is 4. The highest BCUT2D eigenvalue weighted by Gasteiger charge is 2.18. The van der Waals surface area contributed by atoms with Gasteiger partial charge >= 0.3 is 0 Å². The fraction of sp³-hybridized carbons (Fsp3) is 0.357. The Labute approximate surface area is 124 Å². The highest BCUT2D eigenvalue weighted by molar-refractivity contribution is 5.73. The smallest absolute Gasteiger partial charge is 0.230 e. The second kappa shape index (κ2) is 6.25. The first-order chi connectivity index (χ1) is 10.1. The predicted molar refractivity (Wildman–Crippen MR) is 82.2 cm³/mol. The van der Waals surface area contributed by atoms with Crippen molar-refractivity contribution in [3.8, 4) is 22.9 Å². The minimum Gasteiger partial charge on any atom is -0.496 e. The molecular formula is C14H19N5O2. The van der Waals surface area contributed by atoms with Crippen molar-refractivity contribution in [2.24, 2.45) is 0 Å². The van der Waals surface area contributed by atoms with Crippen molar-refractivity contribution >= 4 is 11.9 Å². The van der Waals surface area contributed by atoms with Crippen LogP contribution in [0.5, 0.6) is 11.5 Å². The Morgan fingerprint density at radius 3 is 2.10 bits per heavy atom. The topological polar surface area (TPSA) is 72.4 Å². The molecule has 0 spiro atoms. The zero-order valence-electron chi connectivity index (χ0n) is 12.8. The summed E-state index contributed by atoms with van der Waals surface area (Å²) in [5, 5.41) is 2.94. The van der Waals surface area contributed by atoms with Gasteiger partial charge in [0.1, 0.15) is 17.1 Å². The minimum absolute atomic E-state index is 0.483. The van der Waals surface area contributed by atoms with Crippen LogP contribution in [0.1, 0.15) is 0 Å². The number of nitrogens with one attached hydrogen (secondary N) is 1. The van der Waals surface area contributed by atoms with Crippen molar-refractivity contribution in [1.82, 2.24) is 15.0 Å². The number of ether oxygens (including phenoxy) is 2. The summed E-state index contributed by atoms with van der Waals surface area (Å²) in [6.07, 6.45) is 0. The molecule has 0 aliphatic carbocycles. The van der Waals surface area contributed by atoms with Gasteiger partial charge in [-0.3, -0.25) is 0 Å². The second-order valence-corrected chi connectivity index (χ2v) is 4.46.